The molecular weight excluding hydrogens is 550 g/mol. The molecule has 10 heteroatoms. The number of nitrogens with zero attached hydrogens (tertiary/aromatic N) is 3. The van der Waals surface area contributed by atoms with Crippen molar-refractivity contribution >= 4 is 56.1 Å². The van der Waals surface area contributed by atoms with Crippen LogP contribution in [0.4, 0.5) is 5.69 Å². The van der Waals surface area contributed by atoms with Gasteiger partial charge in [-0.05, 0) is 47.6 Å². The number of nitro benzene ring substituents is 1. The maximum absolute atomic E-state index is 13.7. The topological polar surface area (TPSA) is 97.7 Å². The van der Waals surface area contributed by atoms with Gasteiger partial charge in [0.05, 0.1) is 21.2 Å². The minimum atomic E-state index is -0.651. The molecule has 0 fully saturated rings. The lowest BCUT2D eigenvalue weighted by molar-refractivity contribution is -0.385. The standard InChI is InChI=1S/C25H16BrN3O4S2/c26-15-10-14(23(30)18(12-15)29(32)33)11-20-24(31)28-22(19-6-3-9-34-19)17-8-7-13-4-1-2-5-16(13)21(17)27-25(28)35-20/h1-6,9-12,22,30H,7-8H2. The van der Waals surface area contributed by atoms with Crippen LogP contribution in [0.25, 0.3) is 11.8 Å². The molecule has 1 N–H and O–H groups in total. The Bertz CT molecular complexity index is 1740. The number of halogens is 1. The third kappa shape index (κ3) is 3.60. The molecule has 1 aliphatic carbocycles. The number of phenols is 1. The van der Waals surface area contributed by atoms with Crippen LogP contribution in [0.15, 0.2) is 73.7 Å². The number of thiophene rings is 1. The molecule has 0 saturated heterocycles. The van der Waals surface area contributed by atoms with E-state index in [9.17, 15) is 20.0 Å². The zero-order chi connectivity index (χ0) is 24.3. The van der Waals surface area contributed by atoms with Crippen molar-refractivity contribution in [2.75, 3.05) is 0 Å². The molecule has 2 aliphatic rings. The van der Waals surface area contributed by atoms with Crippen molar-refractivity contribution in [3.63, 3.8) is 0 Å². The van der Waals surface area contributed by atoms with Gasteiger partial charge in [-0.2, -0.15) is 0 Å². The number of rotatable bonds is 3. The fourth-order valence-electron chi connectivity index (χ4n) is 4.71. The van der Waals surface area contributed by atoms with Gasteiger partial charge in [-0.1, -0.05) is 57.6 Å². The number of aryl methyl sites for hydroxylation is 1. The summed E-state index contributed by atoms with van der Waals surface area (Å²) in [6.45, 7) is 0. The number of thiazole rings is 1. The summed E-state index contributed by atoms with van der Waals surface area (Å²) in [5.74, 6) is -0.480. The van der Waals surface area contributed by atoms with Crippen molar-refractivity contribution in [3.05, 3.63) is 115 Å². The Labute approximate surface area is 214 Å². The highest BCUT2D eigenvalue weighted by molar-refractivity contribution is 9.10. The lowest BCUT2D eigenvalue weighted by Crippen LogP contribution is -2.38. The predicted molar refractivity (Wildman–Crippen MR) is 140 cm³/mol. The van der Waals surface area contributed by atoms with Gasteiger partial charge in [0.2, 0.25) is 5.75 Å². The minimum Gasteiger partial charge on any atom is -0.502 e. The highest BCUT2D eigenvalue weighted by Crippen LogP contribution is 2.42. The highest BCUT2D eigenvalue weighted by Gasteiger charge is 2.33. The van der Waals surface area contributed by atoms with E-state index in [0.717, 1.165) is 34.6 Å². The van der Waals surface area contributed by atoms with E-state index in [2.05, 4.69) is 28.1 Å². The van der Waals surface area contributed by atoms with E-state index in [1.54, 1.807) is 22.0 Å². The molecule has 0 spiro atoms. The molecular formula is C25H16BrN3O4S2. The molecule has 0 saturated carbocycles. The average molecular weight is 566 g/mol. The van der Waals surface area contributed by atoms with Crippen molar-refractivity contribution in [3.8, 4) is 5.75 Å². The van der Waals surface area contributed by atoms with Gasteiger partial charge in [-0.25, -0.2) is 4.99 Å². The Morgan fingerprint density at radius 2 is 2.03 bits per heavy atom. The summed E-state index contributed by atoms with van der Waals surface area (Å²) in [6, 6.07) is 14.8. The van der Waals surface area contributed by atoms with Gasteiger partial charge in [0.25, 0.3) is 5.56 Å². The van der Waals surface area contributed by atoms with Gasteiger partial charge in [0.1, 0.15) is 0 Å². The molecule has 1 aliphatic heterocycles. The molecule has 3 heterocycles. The van der Waals surface area contributed by atoms with Crippen LogP contribution in [0.3, 0.4) is 0 Å². The first-order valence-electron chi connectivity index (χ1n) is 10.8. The second-order valence-corrected chi connectivity index (χ2v) is 11.2. The number of aromatic nitrogens is 1. The zero-order valence-corrected chi connectivity index (χ0v) is 21.2. The van der Waals surface area contributed by atoms with Crippen LogP contribution >= 0.6 is 38.6 Å². The van der Waals surface area contributed by atoms with Gasteiger partial charge < -0.3 is 5.11 Å². The van der Waals surface area contributed by atoms with E-state index < -0.39 is 16.4 Å². The van der Waals surface area contributed by atoms with Crippen LogP contribution in [-0.4, -0.2) is 14.6 Å². The highest BCUT2D eigenvalue weighted by atomic mass is 79.9. The number of hydrogen-bond acceptors (Lipinski definition) is 7. The smallest absolute Gasteiger partial charge is 0.312 e. The summed E-state index contributed by atoms with van der Waals surface area (Å²) >= 11 is 6.08. The number of benzene rings is 2. The van der Waals surface area contributed by atoms with Gasteiger partial charge in [-0.15, -0.1) is 11.3 Å². The van der Waals surface area contributed by atoms with E-state index in [1.165, 1.54) is 29.0 Å². The van der Waals surface area contributed by atoms with Gasteiger partial charge in [-0.3, -0.25) is 19.5 Å². The molecule has 0 bridgehead atoms. The Morgan fingerprint density at radius 1 is 1.20 bits per heavy atom. The van der Waals surface area contributed by atoms with Crippen molar-refractivity contribution in [1.82, 2.24) is 4.57 Å². The first-order chi connectivity index (χ1) is 16.9. The molecule has 174 valence electrons. The van der Waals surface area contributed by atoms with E-state index >= 15 is 0 Å². The number of hydrogen-bond donors (Lipinski definition) is 1. The maximum atomic E-state index is 13.7. The lowest BCUT2D eigenvalue weighted by atomic mass is 9.85. The third-order valence-corrected chi connectivity index (χ3v) is 8.62. The van der Waals surface area contributed by atoms with E-state index in [1.807, 2.05) is 29.6 Å². The van der Waals surface area contributed by atoms with Gasteiger partial charge in [0.15, 0.2) is 4.80 Å². The van der Waals surface area contributed by atoms with Gasteiger partial charge >= 0.3 is 5.69 Å². The first-order valence-corrected chi connectivity index (χ1v) is 13.2. The van der Waals surface area contributed by atoms with Crippen molar-refractivity contribution in [1.29, 1.82) is 0 Å². The van der Waals surface area contributed by atoms with Gasteiger partial charge in [0, 0.05) is 26.5 Å². The molecule has 4 aromatic rings. The monoisotopic (exact) mass is 565 g/mol. The number of fused-ring (bicyclic) bond motifs is 3. The van der Waals surface area contributed by atoms with Crippen LogP contribution in [0, 0.1) is 10.1 Å². The van der Waals surface area contributed by atoms with Crippen molar-refractivity contribution < 1.29 is 10.0 Å². The molecule has 7 nitrogen and oxygen atoms in total. The van der Waals surface area contributed by atoms with E-state index in [4.69, 9.17) is 4.99 Å². The largest absolute Gasteiger partial charge is 0.502 e. The predicted octanol–water partition coefficient (Wildman–Crippen LogP) is 4.76. The average Bonchev–Trinajstić information content (AvgIpc) is 3.48. The van der Waals surface area contributed by atoms with E-state index in [0.29, 0.717) is 13.8 Å². The Morgan fingerprint density at radius 3 is 2.80 bits per heavy atom. The molecule has 35 heavy (non-hydrogen) atoms. The normalized spacial score (nSPS) is 16.9. The Hall–Kier alpha value is -3.34. The Balaban J connectivity index is 1.62. The minimum absolute atomic E-state index is 0.193. The molecule has 6 rings (SSSR count). The molecule has 0 radical (unpaired) electrons. The third-order valence-electron chi connectivity index (χ3n) is 6.25. The van der Waals surface area contributed by atoms with Crippen LogP contribution < -0.4 is 14.9 Å². The number of nitro groups is 1. The number of allylic oxidation sites excluding steroid dienone is 1. The summed E-state index contributed by atoms with van der Waals surface area (Å²) < 4.78 is 2.50. The fraction of sp³-hybridized carbons (Fsp3) is 0.120. The number of phenolic OH excluding ortho intramolecular Hbond substituents is 1. The first kappa shape index (κ1) is 22.1. The van der Waals surface area contributed by atoms with Crippen LogP contribution in [0.1, 0.15) is 34.0 Å². The molecule has 0 amide bonds. The van der Waals surface area contributed by atoms with Crippen LogP contribution in [0.2, 0.25) is 0 Å². The molecule has 1 atom stereocenters. The number of aromatic hydroxyl groups is 1. The SMILES string of the molecule is O=c1c(=Cc2cc(Br)cc([N+](=O)[O-])c2O)sc2n1C(c1cccs1)C1=C(N=2)c2ccccc2CC1. The molecule has 2 aromatic heterocycles. The van der Waals surface area contributed by atoms with Crippen LogP contribution in [-0.2, 0) is 6.42 Å². The molecule has 2 aromatic carbocycles. The second-order valence-electron chi connectivity index (χ2n) is 8.25. The second kappa shape index (κ2) is 8.40. The van der Waals surface area contributed by atoms with Crippen molar-refractivity contribution in [2.24, 2.45) is 4.99 Å². The van der Waals surface area contributed by atoms with Crippen molar-refractivity contribution in [2.45, 2.75) is 18.9 Å². The summed E-state index contributed by atoms with van der Waals surface area (Å²) in [6.07, 6.45) is 3.19. The molecule has 1 unspecified atom stereocenters. The maximum Gasteiger partial charge on any atom is 0.312 e. The summed E-state index contributed by atoms with van der Waals surface area (Å²) in [7, 11) is 0. The zero-order valence-electron chi connectivity index (χ0n) is 18.0. The lowest BCUT2D eigenvalue weighted by Gasteiger charge is -2.30. The summed E-state index contributed by atoms with van der Waals surface area (Å²) in [5.41, 5.74) is 3.89. The summed E-state index contributed by atoms with van der Waals surface area (Å²) in [4.78, 5) is 31.0. The van der Waals surface area contributed by atoms with E-state index in [-0.39, 0.29) is 17.2 Å². The fourth-order valence-corrected chi connectivity index (χ4v) is 7.02. The summed E-state index contributed by atoms with van der Waals surface area (Å²) in [5, 5.41) is 23.8. The van der Waals surface area contributed by atoms with Crippen LogP contribution in [0.5, 0.6) is 5.75 Å². The quantitative estimate of drug-likeness (QED) is 0.286. The Kier molecular flexibility index (Phi) is 5.32.